The highest BCUT2D eigenvalue weighted by Gasteiger charge is 2.39. The van der Waals surface area contributed by atoms with E-state index in [1.54, 1.807) is 10.9 Å². The van der Waals surface area contributed by atoms with Crippen LogP contribution >= 0.6 is 0 Å². The van der Waals surface area contributed by atoms with Gasteiger partial charge in [0.2, 0.25) is 0 Å². The molecule has 0 spiro atoms. The Labute approximate surface area is 115 Å². The van der Waals surface area contributed by atoms with Gasteiger partial charge in [-0.1, -0.05) is 20.8 Å². The summed E-state index contributed by atoms with van der Waals surface area (Å²) < 4.78 is 12.6. The Balaban J connectivity index is 2.09. The van der Waals surface area contributed by atoms with Crippen LogP contribution in [-0.4, -0.2) is 20.6 Å². The van der Waals surface area contributed by atoms with Gasteiger partial charge in [0, 0.05) is 5.92 Å². The Hall–Kier alpha value is -1.89. The molecule has 1 fully saturated rings. The van der Waals surface area contributed by atoms with Crippen molar-refractivity contribution < 1.29 is 9.15 Å². The van der Waals surface area contributed by atoms with Gasteiger partial charge in [0.1, 0.15) is 6.23 Å². The van der Waals surface area contributed by atoms with E-state index in [-0.39, 0.29) is 23.9 Å². The molecule has 1 unspecified atom stereocenters. The summed E-state index contributed by atoms with van der Waals surface area (Å²) in [6.07, 6.45) is 2.53. The molecule has 0 aromatic carbocycles. The van der Waals surface area contributed by atoms with E-state index in [4.69, 9.17) is 14.9 Å². The predicted octanol–water partition coefficient (Wildman–Crippen LogP) is 1.55. The first-order chi connectivity index (χ1) is 9.52. The minimum Gasteiger partial charge on any atom is -0.388 e. The average Bonchev–Trinajstić information content (AvgIpc) is 2.93. The predicted molar refractivity (Wildman–Crippen MR) is 73.0 cm³/mol. The molecular formula is C13H18N4O3. The van der Waals surface area contributed by atoms with Crippen LogP contribution in [0.1, 0.15) is 33.4 Å². The molecule has 108 valence electrons. The zero-order chi connectivity index (χ0) is 14.4. The lowest BCUT2D eigenvalue weighted by molar-refractivity contribution is -0.0120. The highest BCUT2D eigenvalue weighted by Crippen LogP contribution is 2.40. The molecule has 4 atom stereocenters. The Kier molecular flexibility index (Phi) is 3.01. The van der Waals surface area contributed by atoms with Gasteiger partial charge in [0.25, 0.3) is 6.01 Å². The van der Waals surface area contributed by atoms with Crippen molar-refractivity contribution in [3.8, 4) is 0 Å². The van der Waals surface area contributed by atoms with Crippen molar-refractivity contribution >= 4 is 17.2 Å². The molecule has 7 heteroatoms. The Morgan fingerprint density at radius 1 is 1.40 bits per heavy atom. The summed E-state index contributed by atoms with van der Waals surface area (Å²) >= 11 is 0. The number of anilines is 1. The molecule has 1 aliphatic rings. The third-order valence-electron chi connectivity index (χ3n) is 4.23. The van der Waals surface area contributed by atoms with Gasteiger partial charge in [-0.3, -0.25) is 4.57 Å². The zero-order valence-corrected chi connectivity index (χ0v) is 11.7. The van der Waals surface area contributed by atoms with Crippen LogP contribution < -0.4 is 11.4 Å². The minimum absolute atomic E-state index is 0.157. The maximum atomic E-state index is 11.7. The first-order valence-corrected chi connectivity index (χ1v) is 6.81. The van der Waals surface area contributed by atoms with Crippen LogP contribution in [0, 0.1) is 11.8 Å². The van der Waals surface area contributed by atoms with E-state index in [1.807, 2.05) is 0 Å². The molecule has 0 radical (unpaired) electrons. The van der Waals surface area contributed by atoms with Gasteiger partial charge in [0.15, 0.2) is 11.2 Å². The fourth-order valence-corrected chi connectivity index (χ4v) is 2.88. The quantitative estimate of drug-likeness (QED) is 0.895. The summed E-state index contributed by atoms with van der Waals surface area (Å²) in [6, 6.07) is -0.157. The zero-order valence-electron chi connectivity index (χ0n) is 11.7. The summed E-state index contributed by atoms with van der Waals surface area (Å²) in [4.78, 5) is 19.8. The van der Waals surface area contributed by atoms with Crippen LogP contribution in [-0.2, 0) is 4.74 Å². The summed E-state index contributed by atoms with van der Waals surface area (Å²) in [5.74, 6) is 0.729. The number of nitrogens with zero attached hydrogens (tertiary/aromatic N) is 3. The van der Waals surface area contributed by atoms with Crippen LogP contribution in [0.3, 0.4) is 0 Å². The number of fused-ring (bicyclic) bond motifs is 1. The SMILES string of the molecule is CC[C@H]1O[C@@H](n2cnc3c(=O)oc(N)nc32)[C@@H](C)C1C. The molecule has 2 aromatic rings. The molecule has 2 N–H and O–H groups in total. The molecule has 1 aliphatic heterocycles. The number of imidazole rings is 1. The molecule has 0 saturated carbocycles. The van der Waals surface area contributed by atoms with Crippen LogP contribution in [0.2, 0.25) is 0 Å². The van der Waals surface area contributed by atoms with Crippen molar-refractivity contribution in [1.82, 2.24) is 14.5 Å². The maximum Gasteiger partial charge on any atom is 0.368 e. The van der Waals surface area contributed by atoms with E-state index in [2.05, 4.69) is 30.7 Å². The number of hydrogen-bond acceptors (Lipinski definition) is 6. The molecule has 3 rings (SSSR count). The van der Waals surface area contributed by atoms with Gasteiger partial charge in [-0.05, 0) is 12.3 Å². The lowest BCUT2D eigenvalue weighted by Crippen LogP contribution is -2.16. The van der Waals surface area contributed by atoms with Crippen molar-refractivity contribution in [2.24, 2.45) is 11.8 Å². The highest BCUT2D eigenvalue weighted by molar-refractivity contribution is 5.69. The first-order valence-electron chi connectivity index (χ1n) is 6.81. The molecule has 7 nitrogen and oxygen atoms in total. The van der Waals surface area contributed by atoms with Crippen molar-refractivity contribution in [2.75, 3.05) is 5.73 Å². The Morgan fingerprint density at radius 2 is 2.15 bits per heavy atom. The van der Waals surface area contributed by atoms with E-state index < -0.39 is 5.63 Å². The molecule has 2 aromatic heterocycles. The molecular weight excluding hydrogens is 260 g/mol. The largest absolute Gasteiger partial charge is 0.388 e. The van der Waals surface area contributed by atoms with Crippen molar-refractivity contribution in [3.05, 3.63) is 16.7 Å². The third kappa shape index (κ3) is 1.81. The highest BCUT2D eigenvalue weighted by atomic mass is 16.5. The van der Waals surface area contributed by atoms with Crippen LogP contribution in [0.25, 0.3) is 11.2 Å². The van der Waals surface area contributed by atoms with Gasteiger partial charge < -0.3 is 14.9 Å². The van der Waals surface area contributed by atoms with E-state index in [1.165, 1.54) is 0 Å². The molecule has 1 saturated heterocycles. The lowest BCUT2D eigenvalue weighted by atomic mass is 9.91. The number of nitrogen functional groups attached to an aromatic ring is 1. The van der Waals surface area contributed by atoms with Gasteiger partial charge in [-0.2, -0.15) is 4.98 Å². The van der Waals surface area contributed by atoms with Crippen molar-refractivity contribution in [1.29, 1.82) is 0 Å². The molecule has 0 aliphatic carbocycles. The topological polar surface area (TPSA) is 96.2 Å². The second-order valence-corrected chi connectivity index (χ2v) is 5.36. The van der Waals surface area contributed by atoms with Crippen molar-refractivity contribution in [3.63, 3.8) is 0 Å². The normalized spacial score (nSPS) is 30.1. The van der Waals surface area contributed by atoms with Crippen LogP contribution in [0.4, 0.5) is 6.01 Å². The number of nitrogens with two attached hydrogens (primary N) is 1. The maximum absolute atomic E-state index is 11.7. The molecule has 0 bridgehead atoms. The monoisotopic (exact) mass is 278 g/mol. The summed E-state index contributed by atoms with van der Waals surface area (Å²) in [6.45, 7) is 6.41. The first kappa shape index (κ1) is 13.1. The summed E-state index contributed by atoms with van der Waals surface area (Å²) in [7, 11) is 0. The van der Waals surface area contributed by atoms with Crippen LogP contribution in [0.5, 0.6) is 0 Å². The number of hydrogen-bond donors (Lipinski definition) is 1. The van der Waals surface area contributed by atoms with E-state index in [0.717, 1.165) is 6.42 Å². The number of rotatable bonds is 2. The second kappa shape index (κ2) is 4.59. The molecule has 0 amide bonds. The lowest BCUT2D eigenvalue weighted by Gasteiger charge is -2.17. The van der Waals surface area contributed by atoms with Gasteiger partial charge in [0.05, 0.1) is 12.4 Å². The minimum atomic E-state index is -0.572. The molecule has 20 heavy (non-hydrogen) atoms. The fourth-order valence-electron chi connectivity index (χ4n) is 2.88. The van der Waals surface area contributed by atoms with Crippen molar-refractivity contribution in [2.45, 2.75) is 39.5 Å². The fraction of sp³-hybridized carbons (Fsp3) is 0.615. The average molecular weight is 278 g/mol. The second-order valence-electron chi connectivity index (χ2n) is 5.36. The molecule has 3 heterocycles. The van der Waals surface area contributed by atoms with E-state index >= 15 is 0 Å². The number of ether oxygens (including phenoxy) is 1. The van der Waals surface area contributed by atoms with Gasteiger partial charge in [-0.25, -0.2) is 9.78 Å². The Morgan fingerprint density at radius 3 is 2.80 bits per heavy atom. The smallest absolute Gasteiger partial charge is 0.368 e. The van der Waals surface area contributed by atoms with E-state index in [9.17, 15) is 4.79 Å². The Bertz CT molecular complexity index is 692. The summed E-state index contributed by atoms with van der Waals surface area (Å²) in [5.41, 5.74) is 5.53. The van der Waals surface area contributed by atoms with Gasteiger partial charge >= 0.3 is 5.63 Å². The van der Waals surface area contributed by atoms with Gasteiger partial charge in [-0.15, -0.1) is 0 Å². The van der Waals surface area contributed by atoms with E-state index in [0.29, 0.717) is 17.5 Å². The van der Waals surface area contributed by atoms with Crippen LogP contribution in [0.15, 0.2) is 15.5 Å². The standard InChI is InChI=1S/C13H18N4O3/c1-4-8-6(2)7(3)11(19-8)17-5-15-9-10(17)16-13(14)20-12(9)18/h5-8,11H,4H2,1-3H3,(H2,14,16)/t6?,7-,8+,11+/m0/s1. The third-order valence-corrected chi connectivity index (χ3v) is 4.23. The number of aromatic nitrogens is 3. The summed E-state index contributed by atoms with van der Waals surface area (Å²) in [5, 5.41) is 0.